The average molecular weight is 243 g/mol. The van der Waals surface area contributed by atoms with Gasteiger partial charge in [-0.15, -0.1) is 0 Å². The van der Waals surface area contributed by atoms with E-state index in [-0.39, 0.29) is 5.91 Å². The number of carbonyl (C=O) groups excluding carboxylic acids is 1. The molecule has 2 aliphatic heterocycles. The normalized spacial score (nSPS) is 26.5. The summed E-state index contributed by atoms with van der Waals surface area (Å²) in [5.41, 5.74) is 0. The van der Waals surface area contributed by atoms with E-state index < -0.39 is 5.79 Å². The Labute approximate surface area is 102 Å². The van der Waals surface area contributed by atoms with Crippen molar-refractivity contribution in [2.24, 2.45) is 0 Å². The predicted octanol–water partition coefficient (Wildman–Crippen LogP) is 0.588. The topological polar surface area (TPSA) is 35.6 Å². The lowest BCUT2D eigenvalue weighted by Gasteiger charge is -2.50. The Kier molecular flexibility index (Phi) is 3.68. The molecule has 0 bridgehead atoms. The standard InChI is InChI=1S/C12H22FN3O/c1-3-15-6-4-11(5-7-15)16-8-12(13,9-16)14-10(2)17/h11H,3-9H2,1-2H3,(H,14,17). The van der Waals surface area contributed by atoms with Crippen LogP contribution in [0.15, 0.2) is 0 Å². The van der Waals surface area contributed by atoms with E-state index in [1.165, 1.54) is 6.92 Å². The highest BCUT2D eigenvalue weighted by Gasteiger charge is 2.47. The quantitative estimate of drug-likeness (QED) is 0.737. The minimum atomic E-state index is -1.48. The van der Waals surface area contributed by atoms with E-state index in [0.717, 1.165) is 32.5 Å². The first-order chi connectivity index (χ1) is 8.02. The van der Waals surface area contributed by atoms with E-state index in [9.17, 15) is 9.18 Å². The highest BCUT2D eigenvalue weighted by molar-refractivity contribution is 5.73. The number of nitrogens with one attached hydrogen (secondary N) is 1. The van der Waals surface area contributed by atoms with Crippen LogP contribution < -0.4 is 5.32 Å². The first kappa shape index (κ1) is 12.8. The number of nitrogens with zero attached hydrogens (tertiary/aromatic N) is 2. The Morgan fingerprint density at radius 3 is 2.47 bits per heavy atom. The minimum Gasteiger partial charge on any atom is -0.322 e. The summed E-state index contributed by atoms with van der Waals surface area (Å²) in [4.78, 5) is 15.4. The lowest BCUT2D eigenvalue weighted by molar-refractivity contribution is -0.134. The van der Waals surface area contributed by atoms with Gasteiger partial charge in [-0.1, -0.05) is 6.92 Å². The zero-order chi connectivity index (χ0) is 12.5. The Morgan fingerprint density at radius 1 is 1.41 bits per heavy atom. The molecule has 0 unspecified atom stereocenters. The van der Waals surface area contributed by atoms with Crippen molar-refractivity contribution in [2.45, 2.75) is 38.5 Å². The molecule has 1 amide bonds. The molecule has 0 atom stereocenters. The van der Waals surface area contributed by atoms with Crippen LogP contribution >= 0.6 is 0 Å². The predicted molar refractivity (Wildman–Crippen MR) is 64.4 cm³/mol. The number of alkyl halides is 1. The summed E-state index contributed by atoms with van der Waals surface area (Å²) >= 11 is 0. The molecule has 1 N–H and O–H groups in total. The molecule has 2 saturated heterocycles. The lowest BCUT2D eigenvalue weighted by atomic mass is 9.96. The largest absolute Gasteiger partial charge is 0.322 e. The summed E-state index contributed by atoms with van der Waals surface area (Å²) in [7, 11) is 0. The second kappa shape index (κ2) is 4.90. The van der Waals surface area contributed by atoms with Gasteiger partial charge in [-0.3, -0.25) is 9.69 Å². The molecule has 2 aliphatic rings. The maximum atomic E-state index is 13.9. The summed E-state index contributed by atoms with van der Waals surface area (Å²) in [5, 5.41) is 2.39. The van der Waals surface area contributed by atoms with Gasteiger partial charge in [-0.05, 0) is 32.5 Å². The number of piperidine rings is 1. The van der Waals surface area contributed by atoms with Gasteiger partial charge in [0.2, 0.25) is 11.7 Å². The lowest BCUT2D eigenvalue weighted by Crippen LogP contribution is -2.70. The van der Waals surface area contributed by atoms with E-state index >= 15 is 0 Å². The van der Waals surface area contributed by atoms with Crippen LogP contribution in [0.4, 0.5) is 4.39 Å². The molecule has 2 rings (SSSR count). The number of rotatable bonds is 3. The fraction of sp³-hybridized carbons (Fsp3) is 0.917. The third kappa shape index (κ3) is 2.96. The molecule has 5 heteroatoms. The van der Waals surface area contributed by atoms with E-state index in [2.05, 4.69) is 22.0 Å². The van der Waals surface area contributed by atoms with Crippen LogP contribution in [0.3, 0.4) is 0 Å². The SMILES string of the molecule is CCN1CCC(N2CC(F)(NC(C)=O)C2)CC1. The average Bonchev–Trinajstić information content (AvgIpc) is 2.25. The van der Waals surface area contributed by atoms with Gasteiger partial charge in [0.05, 0.1) is 13.1 Å². The molecule has 2 fully saturated rings. The van der Waals surface area contributed by atoms with Crippen molar-refractivity contribution in [1.82, 2.24) is 15.1 Å². The van der Waals surface area contributed by atoms with Gasteiger partial charge >= 0.3 is 0 Å². The Hall–Kier alpha value is -0.680. The van der Waals surface area contributed by atoms with Crippen LogP contribution in [0.5, 0.6) is 0 Å². The second-order valence-electron chi connectivity index (χ2n) is 5.22. The number of likely N-dealkylation sites (tertiary alicyclic amines) is 2. The van der Waals surface area contributed by atoms with E-state index in [1.807, 2.05) is 0 Å². The summed E-state index contributed by atoms with van der Waals surface area (Å²) < 4.78 is 13.9. The molecule has 0 aromatic rings. The molecule has 0 radical (unpaired) electrons. The smallest absolute Gasteiger partial charge is 0.219 e. The van der Waals surface area contributed by atoms with Crippen LogP contribution in [0.1, 0.15) is 26.7 Å². The van der Waals surface area contributed by atoms with Gasteiger partial charge in [-0.2, -0.15) is 0 Å². The zero-order valence-electron chi connectivity index (χ0n) is 10.7. The highest BCUT2D eigenvalue weighted by atomic mass is 19.1. The molecule has 17 heavy (non-hydrogen) atoms. The summed E-state index contributed by atoms with van der Waals surface area (Å²) in [6.07, 6.45) is 2.23. The number of carbonyl (C=O) groups is 1. The van der Waals surface area contributed by atoms with Gasteiger partial charge in [0.15, 0.2) is 0 Å². The van der Waals surface area contributed by atoms with Crippen LogP contribution in [0.25, 0.3) is 0 Å². The molecule has 0 saturated carbocycles. The first-order valence-electron chi connectivity index (χ1n) is 6.46. The molecular formula is C12H22FN3O. The van der Waals surface area contributed by atoms with Crippen LogP contribution in [0, 0.1) is 0 Å². The number of halogens is 1. The summed E-state index contributed by atoms with van der Waals surface area (Å²) in [5.74, 6) is -1.76. The number of hydrogen-bond acceptors (Lipinski definition) is 3. The molecule has 2 heterocycles. The van der Waals surface area contributed by atoms with Gasteiger partial charge in [-0.25, -0.2) is 4.39 Å². The molecular weight excluding hydrogens is 221 g/mol. The van der Waals surface area contributed by atoms with E-state index in [1.54, 1.807) is 0 Å². The molecule has 0 aromatic carbocycles. The second-order valence-corrected chi connectivity index (χ2v) is 5.22. The van der Waals surface area contributed by atoms with Crippen molar-refractivity contribution >= 4 is 5.91 Å². The van der Waals surface area contributed by atoms with Crippen LogP contribution in [-0.4, -0.2) is 60.3 Å². The van der Waals surface area contributed by atoms with Crippen molar-refractivity contribution in [3.05, 3.63) is 0 Å². The van der Waals surface area contributed by atoms with Crippen LogP contribution in [0.2, 0.25) is 0 Å². The fourth-order valence-electron chi connectivity index (χ4n) is 2.85. The van der Waals surface area contributed by atoms with Crippen molar-refractivity contribution in [2.75, 3.05) is 32.7 Å². The van der Waals surface area contributed by atoms with Crippen molar-refractivity contribution in [1.29, 1.82) is 0 Å². The van der Waals surface area contributed by atoms with Crippen molar-refractivity contribution in [3.63, 3.8) is 0 Å². The molecule has 0 spiro atoms. The number of amides is 1. The third-order valence-corrected chi connectivity index (χ3v) is 3.83. The van der Waals surface area contributed by atoms with E-state index in [0.29, 0.717) is 19.1 Å². The first-order valence-corrected chi connectivity index (χ1v) is 6.46. The maximum absolute atomic E-state index is 13.9. The summed E-state index contributed by atoms with van der Waals surface area (Å²) in [6, 6.07) is 0.496. The Bertz CT molecular complexity index is 283. The minimum absolute atomic E-state index is 0.284. The van der Waals surface area contributed by atoms with Gasteiger partial charge in [0.1, 0.15) is 0 Å². The van der Waals surface area contributed by atoms with Gasteiger partial charge < -0.3 is 10.2 Å². The Balaban J connectivity index is 1.75. The monoisotopic (exact) mass is 243 g/mol. The zero-order valence-corrected chi connectivity index (χ0v) is 10.7. The van der Waals surface area contributed by atoms with Crippen LogP contribution in [-0.2, 0) is 4.79 Å². The van der Waals surface area contributed by atoms with Gasteiger partial charge in [0, 0.05) is 13.0 Å². The van der Waals surface area contributed by atoms with E-state index in [4.69, 9.17) is 0 Å². The number of hydrogen-bond donors (Lipinski definition) is 1. The molecule has 0 aliphatic carbocycles. The third-order valence-electron chi connectivity index (χ3n) is 3.83. The molecule has 4 nitrogen and oxygen atoms in total. The van der Waals surface area contributed by atoms with Crippen molar-refractivity contribution < 1.29 is 9.18 Å². The highest BCUT2D eigenvalue weighted by Crippen LogP contribution is 2.28. The summed E-state index contributed by atoms with van der Waals surface area (Å²) in [6.45, 7) is 7.56. The maximum Gasteiger partial charge on any atom is 0.219 e. The Morgan fingerprint density at radius 2 is 2.00 bits per heavy atom. The molecule has 98 valence electrons. The van der Waals surface area contributed by atoms with Gasteiger partial charge in [0.25, 0.3) is 0 Å². The fourth-order valence-corrected chi connectivity index (χ4v) is 2.85. The molecule has 0 aromatic heterocycles. The van der Waals surface area contributed by atoms with Crippen molar-refractivity contribution in [3.8, 4) is 0 Å².